The smallest absolute Gasteiger partial charge is 0.255 e. The number of amides is 1. The Kier molecular flexibility index (Phi) is 9.17. The number of aromatic amines is 1. The number of allylic oxidation sites excluding steroid dienone is 3. The number of piperazine rings is 1. The lowest BCUT2D eigenvalue weighted by Gasteiger charge is -2.34. The van der Waals surface area contributed by atoms with E-state index in [9.17, 15) is 4.79 Å². The summed E-state index contributed by atoms with van der Waals surface area (Å²) in [6.45, 7) is 12.2. The number of hydrogen-bond acceptors (Lipinski definition) is 5. The third-order valence-corrected chi connectivity index (χ3v) is 5.67. The number of pyridine rings is 2. The molecule has 0 bridgehead atoms. The van der Waals surface area contributed by atoms with Crippen LogP contribution in [0.5, 0.6) is 0 Å². The number of hydrogen-bond donors (Lipinski definition) is 1. The Morgan fingerprint density at radius 1 is 1.18 bits per heavy atom. The standard InChI is InChI=1S/C23H25N5O.C4H8O/c1-3-5-6-17-15-25-22-21(17)12-19(16-26-22)18-11-20(14-24-13-18)23(29)28-9-7-27(4-2)8-10-28;1-3-4-5-2/h3,5-6,11-16H,1,4,7-10H2,2H3,(H,25,26);3-4H,1-2H3/b6-5+;4-3+. The number of H-pyrrole nitrogens is 1. The summed E-state index contributed by atoms with van der Waals surface area (Å²) in [6, 6.07) is 3.99. The van der Waals surface area contributed by atoms with Crippen molar-refractivity contribution in [1.29, 1.82) is 0 Å². The highest BCUT2D eigenvalue weighted by Crippen LogP contribution is 2.26. The van der Waals surface area contributed by atoms with Crippen LogP contribution in [-0.2, 0) is 4.74 Å². The predicted octanol–water partition coefficient (Wildman–Crippen LogP) is 4.77. The second-order valence-corrected chi connectivity index (χ2v) is 7.85. The van der Waals surface area contributed by atoms with Crippen molar-refractivity contribution in [2.45, 2.75) is 13.8 Å². The summed E-state index contributed by atoms with van der Waals surface area (Å²) in [4.78, 5) is 29.3. The van der Waals surface area contributed by atoms with Gasteiger partial charge in [-0.1, -0.05) is 37.8 Å². The molecule has 0 atom stereocenters. The first-order valence-corrected chi connectivity index (χ1v) is 11.5. The molecule has 7 nitrogen and oxygen atoms in total. The first-order valence-electron chi connectivity index (χ1n) is 11.5. The topological polar surface area (TPSA) is 74.3 Å². The van der Waals surface area contributed by atoms with Crippen molar-refractivity contribution < 1.29 is 9.53 Å². The molecule has 1 aliphatic rings. The number of aromatic nitrogens is 3. The third-order valence-electron chi connectivity index (χ3n) is 5.67. The molecule has 3 aromatic heterocycles. The molecule has 4 heterocycles. The Morgan fingerprint density at radius 3 is 2.59 bits per heavy atom. The molecule has 0 saturated carbocycles. The van der Waals surface area contributed by atoms with Crippen LogP contribution in [0.1, 0.15) is 29.8 Å². The van der Waals surface area contributed by atoms with Crippen LogP contribution in [0.4, 0.5) is 0 Å². The molecule has 178 valence electrons. The van der Waals surface area contributed by atoms with Crippen LogP contribution in [0.15, 0.2) is 68.0 Å². The largest absolute Gasteiger partial charge is 0.505 e. The lowest BCUT2D eigenvalue weighted by Crippen LogP contribution is -2.48. The van der Waals surface area contributed by atoms with Crippen molar-refractivity contribution >= 4 is 23.0 Å². The Morgan fingerprint density at radius 2 is 1.94 bits per heavy atom. The van der Waals surface area contributed by atoms with E-state index in [1.807, 2.05) is 48.5 Å². The van der Waals surface area contributed by atoms with Crippen LogP contribution < -0.4 is 0 Å². The second-order valence-electron chi connectivity index (χ2n) is 7.85. The molecule has 0 spiro atoms. The van der Waals surface area contributed by atoms with Crippen molar-refractivity contribution in [2.75, 3.05) is 39.8 Å². The van der Waals surface area contributed by atoms with E-state index in [4.69, 9.17) is 0 Å². The molecule has 3 aromatic rings. The zero-order valence-corrected chi connectivity index (χ0v) is 20.2. The highest BCUT2D eigenvalue weighted by molar-refractivity contribution is 5.96. The summed E-state index contributed by atoms with van der Waals surface area (Å²) in [5, 5.41) is 1.02. The van der Waals surface area contributed by atoms with Crippen molar-refractivity contribution in [3.05, 3.63) is 79.1 Å². The van der Waals surface area contributed by atoms with Gasteiger partial charge < -0.3 is 19.5 Å². The van der Waals surface area contributed by atoms with Crippen LogP contribution in [0.3, 0.4) is 0 Å². The van der Waals surface area contributed by atoms with Crippen molar-refractivity contribution in [1.82, 2.24) is 24.8 Å². The first-order chi connectivity index (χ1) is 16.6. The number of methoxy groups -OCH3 is 1. The molecule has 1 aliphatic heterocycles. The normalized spacial score (nSPS) is 14.4. The number of carbonyl (C=O) groups excluding carboxylic acids is 1. The predicted molar refractivity (Wildman–Crippen MR) is 138 cm³/mol. The summed E-state index contributed by atoms with van der Waals surface area (Å²) in [5.41, 5.74) is 4.31. The maximum atomic E-state index is 12.9. The Bertz CT molecular complexity index is 1160. The van der Waals surface area contributed by atoms with Crippen LogP contribution in [0, 0.1) is 0 Å². The monoisotopic (exact) mass is 459 g/mol. The first kappa shape index (κ1) is 24.9. The van der Waals surface area contributed by atoms with Gasteiger partial charge in [-0.25, -0.2) is 4.98 Å². The summed E-state index contributed by atoms with van der Waals surface area (Å²) in [5.74, 6) is 0.0420. The SMILES string of the molecule is C/C=C/OC.C=C/C=C/c1c[nH]c2ncc(-c3cncc(C(=O)N4CCN(CC)CC4)c3)cc12. The van der Waals surface area contributed by atoms with Gasteiger partial charge in [0, 0.05) is 73.0 Å². The number of likely N-dealkylation sites (N-methyl/N-ethyl adjacent to an activating group) is 1. The minimum Gasteiger partial charge on any atom is -0.505 e. The van der Waals surface area contributed by atoms with E-state index in [0.29, 0.717) is 5.56 Å². The quantitative estimate of drug-likeness (QED) is 0.425. The molecular formula is C27H33N5O2. The van der Waals surface area contributed by atoms with Crippen molar-refractivity contribution in [3.8, 4) is 11.1 Å². The Hall–Kier alpha value is -3.71. The number of fused-ring (bicyclic) bond motifs is 1. The molecule has 1 saturated heterocycles. The van der Waals surface area contributed by atoms with Gasteiger partial charge in [-0.05, 0) is 25.6 Å². The van der Waals surface area contributed by atoms with Crippen molar-refractivity contribution in [3.63, 3.8) is 0 Å². The highest BCUT2D eigenvalue weighted by Gasteiger charge is 2.22. The summed E-state index contributed by atoms with van der Waals surface area (Å²) >= 11 is 0. The van der Waals surface area contributed by atoms with Gasteiger partial charge in [-0.3, -0.25) is 9.78 Å². The molecule has 34 heavy (non-hydrogen) atoms. The fraction of sp³-hybridized carbons (Fsp3) is 0.296. The van der Waals surface area contributed by atoms with Gasteiger partial charge in [0.2, 0.25) is 0 Å². The van der Waals surface area contributed by atoms with E-state index in [-0.39, 0.29) is 5.91 Å². The average molecular weight is 460 g/mol. The molecule has 0 radical (unpaired) electrons. The van der Waals surface area contributed by atoms with Gasteiger partial charge in [0.15, 0.2) is 0 Å². The van der Waals surface area contributed by atoms with Crippen LogP contribution in [0.25, 0.3) is 28.2 Å². The van der Waals surface area contributed by atoms with E-state index in [0.717, 1.165) is 60.4 Å². The van der Waals surface area contributed by atoms with Gasteiger partial charge in [0.25, 0.3) is 5.91 Å². The molecule has 0 aromatic carbocycles. The molecule has 7 heteroatoms. The molecule has 0 aliphatic carbocycles. The Balaban J connectivity index is 0.000000588. The zero-order chi connectivity index (χ0) is 24.3. The zero-order valence-electron chi connectivity index (χ0n) is 20.2. The van der Waals surface area contributed by atoms with E-state index >= 15 is 0 Å². The highest BCUT2D eigenvalue weighted by atomic mass is 16.5. The molecule has 0 unspecified atom stereocenters. The maximum Gasteiger partial charge on any atom is 0.255 e. The maximum absolute atomic E-state index is 12.9. The molecule has 1 fully saturated rings. The average Bonchev–Trinajstić information content (AvgIpc) is 3.30. The second kappa shape index (κ2) is 12.5. The number of nitrogens with one attached hydrogen (secondary N) is 1. The van der Waals surface area contributed by atoms with E-state index in [1.165, 1.54) is 0 Å². The number of carbonyl (C=O) groups is 1. The molecule has 4 rings (SSSR count). The summed E-state index contributed by atoms with van der Waals surface area (Å²) in [6.07, 6.45) is 16.3. The van der Waals surface area contributed by atoms with Gasteiger partial charge in [0.1, 0.15) is 5.65 Å². The third kappa shape index (κ3) is 6.20. The number of ether oxygens (including phenoxy) is 1. The van der Waals surface area contributed by atoms with Crippen molar-refractivity contribution in [2.24, 2.45) is 0 Å². The Labute approximate surface area is 201 Å². The molecule has 1 amide bonds. The minimum absolute atomic E-state index is 0.0420. The minimum atomic E-state index is 0.0420. The van der Waals surface area contributed by atoms with Gasteiger partial charge in [0.05, 0.1) is 18.9 Å². The van der Waals surface area contributed by atoms with Gasteiger partial charge in [-0.2, -0.15) is 0 Å². The lowest BCUT2D eigenvalue weighted by molar-refractivity contribution is 0.0643. The lowest BCUT2D eigenvalue weighted by atomic mass is 10.0. The van der Waals surface area contributed by atoms with Gasteiger partial charge in [-0.15, -0.1) is 0 Å². The fourth-order valence-corrected chi connectivity index (χ4v) is 3.79. The van der Waals surface area contributed by atoms with Crippen LogP contribution >= 0.6 is 0 Å². The van der Waals surface area contributed by atoms with E-state index in [1.54, 1.807) is 31.8 Å². The number of nitrogens with zero attached hydrogens (tertiary/aromatic N) is 4. The van der Waals surface area contributed by atoms with Gasteiger partial charge >= 0.3 is 0 Å². The van der Waals surface area contributed by atoms with E-state index in [2.05, 4.69) is 44.2 Å². The fourth-order valence-electron chi connectivity index (χ4n) is 3.79. The molecular weight excluding hydrogens is 426 g/mol. The van der Waals surface area contributed by atoms with E-state index < -0.39 is 0 Å². The van der Waals surface area contributed by atoms with Crippen LogP contribution in [-0.4, -0.2) is 70.5 Å². The molecule has 1 N–H and O–H groups in total. The number of rotatable bonds is 6. The summed E-state index contributed by atoms with van der Waals surface area (Å²) < 4.78 is 4.51. The van der Waals surface area contributed by atoms with Crippen LogP contribution in [0.2, 0.25) is 0 Å². The summed E-state index contributed by atoms with van der Waals surface area (Å²) in [7, 11) is 1.62.